The summed E-state index contributed by atoms with van der Waals surface area (Å²) in [7, 11) is 8.17. The molecule has 1 fully saturated rings. The van der Waals surface area contributed by atoms with Gasteiger partial charge in [-0.15, -0.1) is 0 Å². The van der Waals surface area contributed by atoms with Gasteiger partial charge >= 0.3 is 0 Å². The number of methoxy groups -OCH3 is 3. The third-order valence-corrected chi connectivity index (χ3v) is 4.98. The first-order valence-corrected chi connectivity index (χ1v) is 9.25. The summed E-state index contributed by atoms with van der Waals surface area (Å²) in [5.41, 5.74) is 0.943. The minimum atomic E-state index is -0.201. The van der Waals surface area contributed by atoms with E-state index >= 15 is 0 Å². The molecule has 1 N–H and O–H groups in total. The van der Waals surface area contributed by atoms with Crippen LogP contribution < -0.4 is 24.7 Å². The van der Waals surface area contributed by atoms with E-state index in [1.807, 2.05) is 14.1 Å². The molecule has 1 saturated heterocycles. The van der Waals surface area contributed by atoms with Crippen molar-refractivity contribution in [1.82, 2.24) is 14.9 Å². The SMILES string of the molecule is COc1cc(C(=O)N2CC[C@@H](c3cc(=O)[nH]c(N(C)C)n3)C2)cc(OC)c1OC. The van der Waals surface area contributed by atoms with Gasteiger partial charge in [0, 0.05) is 44.7 Å². The molecular weight excluding hydrogens is 376 g/mol. The fourth-order valence-electron chi connectivity index (χ4n) is 3.46. The lowest BCUT2D eigenvalue weighted by Gasteiger charge is -2.19. The Morgan fingerprint density at radius 1 is 1.14 bits per heavy atom. The van der Waals surface area contributed by atoms with E-state index in [-0.39, 0.29) is 17.4 Å². The standard InChI is InChI=1S/C20H26N4O5/c1-23(2)20-21-14(10-17(25)22-20)12-6-7-24(11-12)19(26)13-8-15(27-3)18(29-5)16(9-13)28-4/h8-10,12H,6-7,11H2,1-5H3,(H,21,22,25)/t12-/m1/s1. The molecule has 0 unspecified atom stereocenters. The predicted octanol–water partition coefficient (Wildman–Crippen LogP) is 1.49. The van der Waals surface area contributed by atoms with Crippen LogP contribution in [0.1, 0.15) is 28.4 Å². The molecule has 0 bridgehead atoms. The molecule has 1 amide bonds. The van der Waals surface area contributed by atoms with Crippen molar-refractivity contribution in [1.29, 1.82) is 0 Å². The third kappa shape index (κ3) is 4.13. The molecule has 1 aromatic heterocycles. The summed E-state index contributed by atoms with van der Waals surface area (Å²) < 4.78 is 16.0. The number of H-pyrrole nitrogens is 1. The van der Waals surface area contributed by atoms with E-state index in [0.717, 1.165) is 6.42 Å². The zero-order valence-electron chi connectivity index (χ0n) is 17.3. The van der Waals surface area contributed by atoms with Gasteiger partial charge in [-0.2, -0.15) is 0 Å². The Hall–Kier alpha value is -3.23. The van der Waals surface area contributed by atoms with E-state index in [1.165, 1.54) is 27.4 Å². The number of benzene rings is 1. The lowest BCUT2D eigenvalue weighted by molar-refractivity contribution is 0.0790. The van der Waals surface area contributed by atoms with Gasteiger partial charge in [0.05, 0.1) is 27.0 Å². The average molecular weight is 402 g/mol. The Labute approximate surface area is 169 Å². The first kappa shape index (κ1) is 20.5. The number of rotatable bonds is 6. The molecule has 1 atom stereocenters. The predicted molar refractivity (Wildman–Crippen MR) is 109 cm³/mol. The molecule has 0 saturated carbocycles. The number of hydrogen-bond acceptors (Lipinski definition) is 7. The molecule has 9 heteroatoms. The topological polar surface area (TPSA) is 97.0 Å². The number of anilines is 1. The summed E-state index contributed by atoms with van der Waals surface area (Å²) in [5, 5.41) is 0. The molecule has 0 radical (unpaired) electrons. The van der Waals surface area contributed by atoms with E-state index in [0.29, 0.717) is 47.5 Å². The van der Waals surface area contributed by atoms with Crippen molar-refractivity contribution >= 4 is 11.9 Å². The molecular formula is C20H26N4O5. The number of carbonyl (C=O) groups excluding carboxylic acids is 1. The van der Waals surface area contributed by atoms with Crippen LogP contribution in [-0.4, -0.2) is 69.3 Å². The Bertz CT molecular complexity index is 931. The van der Waals surface area contributed by atoms with Crippen molar-refractivity contribution < 1.29 is 19.0 Å². The highest BCUT2D eigenvalue weighted by molar-refractivity contribution is 5.96. The number of nitrogens with zero attached hydrogens (tertiary/aromatic N) is 3. The normalized spacial score (nSPS) is 15.9. The fourth-order valence-corrected chi connectivity index (χ4v) is 3.46. The maximum absolute atomic E-state index is 13.1. The smallest absolute Gasteiger partial charge is 0.254 e. The van der Waals surface area contributed by atoms with E-state index in [1.54, 1.807) is 21.9 Å². The molecule has 0 aliphatic carbocycles. The maximum atomic E-state index is 13.1. The minimum absolute atomic E-state index is 0.00184. The Balaban J connectivity index is 1.84. The lowest BCUT2D eigenvalue weighted by Crippen LogP contribution is -2.29. The number of hydrogen-bond donors (Lipinski definition) is 1. The van der Waals surface area contributed by atoms with Crippen LogP contribution in [0.15, 0.2) is 23.0 Å². The van der Waals surface area contributed by atoms with E-state index in [4.69, 9.17) is 14.2 Å². The molecule has 2 aromatic rings. The van der Waals surface area contributed by atoms with Crippen molar-refractivity contribution in [2.24, 2.45) is 0 Å². The molecule has 3 rings (SSSR count). The highest BCUT2D eigenvalue weighted by Crippen LogP contribution is 2.39. The lowest BCUT2D eigenvalue weighted by atomic mass is 10.0. The number of carbonyl (C=O) groups is 1. The van der Waals surface area contributed by atoms with Crippen LogP contribution in [0.5, 0.6) is 17.2 Å². The van der Waals surface area contributed by atoms with Crippen LogP contribution in [0.2, 0.25) is 0 Å². The van der Waals surface area contributed by atoms with Gasteiger partial charge in [0.1, 0.15) is 0 Å². The number of ether oxygens (including phenoxy) is 3. The Kier molecular flexibility index (Phi) is 5.95. The van der Waals surface area contributed by atoms with E-state index in [9.17, 15) is 9.59 Å². The highest BCUT2D eigenvalue weighted by atomic mass is 16.5. The molecule has 1 aliphatic heterocycles. The number of amides is 1. The van der Waals surface area contributed by atoms with Gasteiger partial charge in [0.2, 0.25) is 11.7 Å². The van der Waals surface area contributed by atoms with Crippen LogP contribution in [0.25, 0.3) is 0 Å². The van der Waals surface area contributed by atoms with Crippen LogP contribution >= 0.6 is 0 Å². The molecule has 9 nitrogen and oxygen atoms in total. The molecule has 0 spiro atoms. The van der Waals surface area contributed by atoms with Gasteiger partial charge in [0.25, 0.3) is 11.5 Å². The number of aromatic nitrogens is 2. The van der Waals surface area contributed by atoms with Gasteiger partial charge in [-0.3, -0.25) is 14.6 Å². The van der Waals surface area contributed by atoms with Gasteiger partial charge < -0.3 is 24.0 Å². The molecule has 1 aliphatic rings. The van der Waals surface area contributed by atoms with E-state index < -0.39 is 0 Å². The van der Waals surface area contributed by atoms with Crippen molar-refractivity contribution in [2.45, 2.75) is 12.3 Å². The summed E-state index contributed by atoms with van der Waals surface area (Å²) >= 11 is 0. The highest BCUT2D eigenvalue weighted by Gasteiger charge is 2.30. The average Bonchev–Trinajstić information content (AvgIpc) is 3.21. The van der Waals surface area contributed by atoms with Crippen LogP contribution in [0.3, 0.4) is 0 Å². The van der Waals surface area contributed by atoms with Crippen molar-refractivity contribution in [3.63, 3.8) is 0 Å². The van der Waals surface area contributed by atoms with E-state index in [2.05, 4.69) is 9.97 Å². The Morgan fingerprint density at radius 2 is 1.79 bits per heavy atom. The Morgan fingerprint density at radius 3 is 2.34 bits per heavy atom. The monoisotopic (exact) mass is 402 g/mol. The third-order valence-electron chi connectivity index (χ3n) is 4.98. The van der Waals surface area contributed by atoms with Gasteiger partial charge in [-0.1, -0.05) is 0 Å². The van der Waals surface area contributed by atoms with Crippen LogP contribution in [0, 0.1) is 0 Å². The summed E-state index contributed by atoms with van der Waals surface area (Å²) in [6.07, 6.45) is 0.736. The first-order chi connectivity index (χ1) is 13.9. The van der Waals surface area contributed by atoms with Crippen LogP contribution in [0.4, 0.5) is 5.95 Å². The summed E-state index contributed by atoms with van der Waals surface area (Å²) in [6, 6.07) is 4.80. The maximum Gasteiger partial charge on any atom is 0.254 e. The van der Waals surface area contributed by atoms with Crippen LogP contribution in [-0.2, 0) is 0 Å². The van der Waals surface area contributed by atoms with Crippen molar-refractivity contribution in [2.75, 3.05) is 53.4 Å². The number of likely N-dealkylation sites (tertiary alicyclic amines) is 1. The number of nitrogens with one attached hydrogen (secondary N) is 1. The van der Waals surface area contributed by atoms with Gasteiger partial charge in [0.15, 0.2) is 11.5 Å². The summed E-state index contributed by atoms with van der Waals surface area (Å²) in [6.45, 7) is 1.06. The molecule has 156 valence electrons. The van der Waals surface area contributed by atoms with Gasteiger partial charge in [-0.25, -0.2) is 4.98 Å². The fraction of sp³-hybridized carbons (Fsp3) is 0.450. The quantitative estimate of drug-likeness (QED) is 0.782. The molecule has 29 heavy (non-hydrogen) atoms. The van der Waals surface area contributed by atoms with Crippen molar-refractivity contribution in [3.8, 4) is 17.2 Å². The second-order valence-corrected chi connectivity index (χ2v) is 7.04. The second kappa shape index (κ2) is 8.42. The van der Waals surface area contributed by atoms with Gasteiger partial charge in [-0.05, 0) is 18.6 Å². The summed E-state index contributed by atoms with van der Waals surface area (Å²) in [5.74, 6) is 1.67. The summed E-state index contributed by atoms with van der Waals surface area (Å²) in [4.78, 5) is 35.8. The largest absolute Gasteiger partial charge is 0.493 e. The zero-order chi connectivity index (χ0) is 21.1. The zero-order valence-corrected chi connectivity index (χ0v) is 17.3. The minimum Gasteiger partial charge on any atom is -0.493 e. The molecule has 2 heterocycles. The van der Waals surface area contributed by atoms with Crippen molar-refractivity contribution in [3.05, 3.63) is 39.8 Å². The second-order valence-electron chi connectivity index (χ2n) is 7.04. The number of aromatic amines is 1. The molecule has 1 aromatic carbocycles. The first-order valence-electron chi connectivity index (χ1n) is 9.25.